The maximum Gasteiger partial charge on any atom is 0.236 e. The first-order chi connectivity index (χ1) is 8.63. The number of hydrogen-bond donors (Lipinski definition) is 1. The van der Waals surface area contributed by atoms with Crippen LogP contribution in [0.4, 0.5) is 0 Å². The number of likely N-dealkylation sites (N-methyl/N-ethyl adjacent to an activating group) is 2. The Bertz CT molecular complexity index is 407. The second kappa shape index (κ2) is 6.86. The Morgan fingerprint density at radius 2 is 2.06 bits per heavy atom. The molecular formula is C13H20N2O3. The van der Waals surface area contributed by atoms with E-state index in [1.807, 2.05) is 18.2 Å². The van der Waals surface area contributed by atoms with Crippen LogP contribution in [0.15, 0.2) is 18.2 Å². The molecule has 1 amide bonds. The zero-order valence-corrected chi connectivity index (χ0v) is 11.3. The molecule has 0 bridgehead atoms. The largest absolute Gasteiger partial charge is 0.493 e. The van der Waals surface area contributed by atoms with Gasteiger partial charge in [-0.15, -0.1) is 0 Å². The third-order valence-corrected chi connectivity index (χ3v) is 2.65. The van der Waals surface area contributed by atoms with Gasteiger partial charge in [-0.25, -0.2) is 0 Å². The minimum absolute atomic E-state index is 0.0300. The van der Waals surface area contributed by atoms with Crippen LogP contribution >= 0.6 is 0 Å². The predicted octanol–water partition coefficient (Wildman–Crippen LogP) is 0.882. The molecular weight excluding hydrogens is 232 g/mol. The molecule has 1 aromatic carbocycles. The Balaban J connectivity index is 2.87. The third-order valence-electron chi connectivity index (χ3n) is 2.65. The normalized spacial score (nSPS) is 10.0. The molecule has 0 radical (unpaired) electrons. The van der Waals surface area contributed by atoms with Gasteiger partial charge in [-0.1, -0.05) is 12.1 Å². The molecule has 0 aromatic heterocycles. The molecule has 5 heteroatoms. The second-order valence-corrected chi connectivity index (χ2v) is 3.93. The maximum absolute atomic E-state index is 11.7. The van der Waals surface area contributed by atoms with Gasteiger partial charge in [-0.2, -0.15) is 0 Å². The first-order valence-electron chi connectivity index (χ1n) is 5.72. The number of para-hydroxylation sites is 1. The number of amides is 1. The van der Waals surface area contributed by atoms with Crippen LogP contribution in [-0.2, 0) is 11.3 Å². The van der Waals surface area contributed by atoms with Gasteiger partial charge in [0.25, 0.3) is 0 Å². The molecule has 0 aliphatic carbocycles. The molecule has 0 fully saturated rings. The molecule has 0 heterocycles. The van der Waals surface area contributed by atoms with E-state index in [0.29, 0.717) is 24.6 Å². The average molecular weight is 252 g/mol. The summed E-state index contributed by atoms with van der Waals surface area (Å²) in [6, 6.07) is 5.63. The number of ether oxygens (including phenoxy) is 2. The van der Waals surface area contributed by atoms with Crippen molar-refractivity contribution in [3.8, 4) is 11.5 Å². The van der Waals surface area contributed by atoms with E-state index in [0.717, 1.165) is 5.56 Å². The van der Waals surface area contributed by atoms with E-state index in [2.05, 4.69) is 5.32 Å². The zero-order valence-electron chi connectivity index (χ0n) is 11.3. The lowest BCUT2D eigenvalue weighted by Crippen LogP contribution is -2.33. The maximum atomic E-state index is 11.7. The molecule has 0 saturated heterocycles. The number of nitrogens with one attached hydrogen (secondary N) is 1. The second-order valence-electron chi connectivity index (χ2n) is 3.93. The highest BCUT2D eigenvalue weighted by molar-refractivity contribution is 5.78. The van der Waals surface area contributed by atoms with Gasteiger partial charge in [0.1, 0.15) is 0 Å². The van der Waals surface area contributed by atoms with Crippen LogP contribution < -0.4 is 14.8 Å². The number of carbonyl (C=O) groups excluding carboxylic acids is 1. The lowest BCUT2D eigenvalue weighted by atomic mass is 10.1. The standard InChI is InChI=1S/C13H20N2O3/c1-14-8-12(16)15(2)9-10-6-5-7-11(17-3)13(10)18-4/h5-7,14H,8-9H2,1-4H3. The molecule has 0 aliphatic heterocycles. The molecule has 1 rings (SSSR count). The summed E-state index contributed by atoms with van der Waals surface area (Å²) in [7, 11) is 6.70. The SMILES string of the molecule is CNCC(=O)N(C)Cc1cccc(OC)c1OC. The number of benzene rings is 1. The summed E-state index contributed by atoms with van der Waals surface area (Å²) in [5, 5.41) is 2.84. The highest BCUT2D eigenvalue weighted by atomic mass is 16.5. The number of hydrogen-bond acceptors (Lipinski definition) is 4. The Morgan fingerprint density at radius 3 is 2.61 bits per heavy atom. The minimum Gasteiger partial charge on any atom is -0.493 e. The summed E-state index contributed by atoms with van der Waals surface area (Å²) >= 11 is 0. The van der Waals surface area contributed by atoms with Gasteiger partial charge in [0.05, 0.1) is 20.8 Å². The molecule has 1 N–H and O–H groups in total. The van der Waals surface area contributed by atoms with Crippen molar-refractivity contribution in [1.29, 1.82) is 0 Å². The van der Waals surface area contributed by atoms with E-state index in [9.17, 15) is 4.79 Å². The molecule has 1 aromatic rings. The van der Waals surface area contributed by atoms with Crippen LogP contribution in [0.2, 0.25) is 0 Å². The van der Waals surface area contributed by atoms with Crippen LogP contribution in [0, 0.1) is 0 Å². The van der Waals surface area contributed by atoms with E-state index in [4.69, 9.17) is 9.47 Å². The number of methoxy groups -OCH3 is 2. The van der Waals surface area contributed by atoms with Crippen LogP contribution in [0.3, 0.4) is 0 Å². The lowest BCUT2D eigenvalue weighted by Gasteiger charge is -2.19. The molecule has 0 spiro atoms. The first kappa shape index (κ1) is 14.3. The molecule has 5 nitrogen and oxygen atoms in total. The highest BCUT2D eigenvalue weighted by Gasteiger charge is 2.14. The van der Waals surface area contributed by atoms with E-state index in [-0.39, 0.29) is 5.91 Å². The molecule has 0 aliphatic rings. The summed E-state index contributed by atoms with van der Waals surface area (Å²) in [4.78, 5) is 13.3. The molecule has 0 atom stereocenters. The molecule has 18 heavy (non-hydrogen) atoms. The summed E-state index contributed by atoms with van der Waals surface area (Å²) in [6.07, 6.45) is 0. The predicted molar refractivity (Wildman–Crippen MR) is 69.9 cm³/mol. The zero-order chi connectivity index (χ0) is 13.5. The van der Waals surface area contributed by atoms with Crippen molar-refractivity contribution < 1.29 is 14.3 Å². The quantitative estimate of drug-likeness (QED) is 0.816. The fraction of sp³-hybridized carbons (Fsp3) is 0.462. The molecule has 0 saturated carbocycles. The average Bonchev–Trinajstić information content (AvgIpc) is 2.38. The lowest BCUT2D eigenvalue weighted by molar-refractivity contribution is -0.129. The van der Waals surface area contributed by atoms with Gasteiger partial charge in [-0.05, 0) is 13.1 Å². The van der Waals surface area contributed by atoms with E-state index in [1.165, 1.54) is 0 Å². The summed E-state index contributed by atoms with van der Waals surface area (Å²) in [5.74, 6) is 1.37. The van der Waals surface area contributed by atoms with Crippen molar-refractivity contribution in [3.05, 3.63) is 23.8 Å². The van der Waals surface area contributed by atoms with Crippen LogP contribution in [0.25, 0.3) is 0 Å². The smallest absolute Gasteiger partial charge is 0.236 e. The third kappa shape index (κ3) is 3.37. The fourth-order valence-corrected chi connectivity index (χ4v) is 1.71. The molecule has 100 valence electrons. The van der Waals surface area contributed by atoms with Crippen LogP contribution in [0.1, 0.15) is 5.56 Å². The first-order valence-corrected chi connectivity index (χ1v) is 5.72. The van der Waals surface area contributed by atoms with E-state index < -0.39 is 0 Å². The van der Waals surface area contributed by atoms with Gasteiger partial charge in [0, 0.05) is 19.2 Å². The van der Waals surface area contributed by atoms with Crippen molar-refractivity contribution in [2.24, 2.45) is 0 Å². The van der Waals surface area contributed by atoms with Crippen molar-refractivity contribution in [1.82, 2.24) is 10.2 Å². The van der Waals surface area contributed by atoms with Gasteiger partial charge in [-0.3, -0.25) is 4.79 Å². The van der Waals surface area contributed by atoms with E-state index in [1.54, 1.807) is 33.2 Å². The topological polar surface area (TPSA) is 50.8 Å². The Labute approximate surface area is 108 Å². The highest BCUT2D eigenvalue weighted by Crippen LogP contribution is 2.31. The van der Waals surface area contributed by atoms with Crippen molar-refractivity contribution in [3.63, 3.8) is 0 Å². The Kier molecular flexibility index (Phi) is 5.45. The summed E-state index contributed by atoms with van der Waals surface area (Å²) in [6.45, 7) is 0.809. The summed E-state index contributed by atoms with van der Waals surface area (Å²) < 4.78 is 10.6. The van der Waals surface area contributed by atoms with Gasteiger partial charge >= 0.3 is 0 Å². The van der Waals surface area contributed by atoms with Crippen LogP contribution in [0.5, 0.6) is 11.5 Å². The Hall–Kier alpha value is -1.75. The van der Waals surface area contributed by atoms with Gasteiger partial charge in [0.15, 0.2) is 11.5 Å². The van der Waals surface area contributed by atoms with Crippen molar-refractivity contribution in [2.75, 3.05) is 34.9 Å². The Morgan fingerprint density at radius 1 is 1.33 bits per heavy atom. The van der Waals surface area contributed by atoms with Crippen LogP contribution in [-0.4, -0.2) is 45.7 Å². The number of nitrogens with zero attached hydrogens (tertiary/aromatic N) is 1. The summed E-state index contributed by atoms with van der Waals surface area (Å²) in [5.41, 5.74) is 0.920. The fourth-order valence-electron chi connectivity index (χ4n) is 1.71. The monoisotopic (exact) mass is 252 g/mol. The number of rotatable bonds is 6. The van der Waals surface area contributed by atoms with Gasteiger partial charge in [0.2, 0.25) is 5.91 Å². The molecule has 0 unspecified atom stereocenters. The van der Waals surface area contributed by atoms with Crippen molar-refractivity contribution >= 4 is 5.91 Å². The van der Waals surface area contributed by atoms with Crippen molar-refractivity contribution in [2.45, 2.75) is 6.54 Å². The minimum atomic E-state index is 0.0300. The van der Waals surface area contributed by atoms with Gasteiger partial charge < -0.3 is 19.7 Å². The number of carbonyl (C=O) groups is 1. The van der Waals surface area contributed by atoms with E-state index >= 15 is 0 Å².